The van der Waals surface area contributed by atoms with Crippen LogP contribution in [0.25, 0.3) is 0 Å². The summed E-state index contributed by atoms with van der Waals surface area (Å²) in [6.45, 7) is 8.82. The quantitative estimate of drug-likeness (QED) is 0.779. The molecular weight excluding hydrogens is 244 g/mol. The third-order valence-electron chi connectivity index (χ3n) is 6.18. The lowest BCUT2D eigenvalue weighted by Gasteiger charge is -2.34. The molecule has 110 valence electrons. The van der Waals surface area contributed by atoms with Crippen LogP contribution < -0.4 is 0 Å². The first kappa shape index (κ1) is 13.1. The monoisotopic (exact) mass is 272 g/mol. The number of rotatable bonds is 3. The molecule has 3 atom stereocenters. The summed E-state index contributed by atoms with van der Waals surface area (Å²) in [5.74, 6) is 0.963. The van der Waals surface area contributed by atoms with Crippen molar-refractivity contribution >= 4 is 0 Å². The molecule has 0 aromatic heterocycles. The molecule has 3 fully saturated rings. The molecule has 0 bridgehead atoms. The molecule has 1 saturated carbocycles. The predicted octanol–water partition coefficient (Wildman–Crippen LogP) is 3.07. The van der Waals surface area contributed by atoms with E-state index in [-0.39, 0.29) is 0 Å². The molecule has 0 radical (unpaired) electrons. The van der Waals surface area contributed by atoms with Crippen LogP contribution in [0.2, 0.25) is 0 Å². The van der Waals surface area contributed by atoms with Gasteiger partial charge in [0.1, 0.15) is 0 Å². The molecule has 4 rings (SSSR count). The normalized spacial score (nSPS) is 41.5. The first-order chi connectivity index (χ1) is 9.82. The Kier molecular flexibility index (Phi) is 3.27. The van der Waals surface area contributed by atoms with Crippen molar-refractivity contribution < 1.29 is 0 Å². The van der Waals surface area contributed by atoms with E-state index in [1.807, 2.05) is 0 Å². The third-order valence-corrected chi connectivity index (χ3v) is 6.18. The average Bonchev–Trinajstić information content (AvgIpc) is 3.10. The summed E-state index contributed by atoms with van der Waals surface area (Å²) in [6.07, 6.45) is 14.5. The fraction of sp³-hybridized carbons (Fsp3) is 0.778. The maximum absolute atomic E-state index is 2.70. The van der Waals surface area contributed by atoms with Crippen LogP contribution in [-0.2, 0) is 0 Å². The molecule has 3 unspecified atom stereocenters. The summed E-state index contributed by atoms with van der Waals surface area (Å²) in [4.78, 5) is 5.34. The zero-order chi connectivity index (χ0) is 13.6. The number of allylic oxidation sites excluding steroid dienone is 1. The molecule has 2 heterocycles. The molecule has 4 aliphatic rings. The first-order valence-electron chi connectivity index (χ1n) is 8.67. The molecule has 2 saturated heterocycles. The Balaban J connectivity index is 1.41. The van der Waals surface area contributed by atoms with Crippen LogP contribution in [0.3, 0.4) is 0 Å². The maximum atomic E-state index is 2.70. The number of fused-ring (bicyclic) bond motifs is 1. The second-order valence-corrected chi connectivity index (χ2v) is 7.30. The van der Waals surface area contributed by atoms with E-state index in [9.17, 15) is 0 Å². The highest BCUT2D eigenvalue weighted by Gasteiger charge is 2.60. The lowest BCUT2D eigenvalue weighted by atomic mass is 9.88. The van der Waals surface area contributed by atoms with Gasteiger partial charge in [-0.25, -0.2) is 0 Å². The van der Waals surface area contributed by atoms with Crippen LogP contribution >= 0.6 is 0 Å². The maximum Gasteiger partial charge on any atom is 0.0316 e. The van der Waals surface area contributed by atoms with Gasteiger partial charge in [0.05, 0.1) is 0 Å². The van der Waals surface area contributed by atoms with Crippen molar-refractivity contribution in [2.75, 3.05) is 32.7 Å². The molecule has 0 spiro atoms. The largest absolute Gasteiger partial charge is 0.302 e. The Hall–Kier alpha value is -0.600. The third kappa shape index (κ3) is 2.08. The van der Waals surface area contributed by atoms with Crippen LogP contribution in [0.4, 0.5) is 0 Å². The highest BCUT2D eigenvalue weighted by atomic mass is 15.2. The minimum atomic E-state index is 0.569. The molecule has 2 aliphatic heterocycles. The highest BCUT2D eigenvalue weighted by molar-refractivity contribution is 5.40. The van der Waals surface area contributed by atoms with Gasteiger partial charge in [-0.05, 0) is 56.8 Å². The summed E-state index contributed by atoms with van der Waals surface area (Å²) >= 11 is 0. The van der Waals surface area contributed by atoms with Crippen LogP contribution in [0.5, 0.6) is 0 Å². The molecule has 0 N–H and O–H groups in total. The van der Waals surface area contributed by atoms with E-state index in [1.165, 1.54) is 64.8 Å². The molecule has 0 aromatic rings. The Labute approximate surface area is 123 Å². The van der Waals surface area contributed by atoms with E-state index in [4.69, 9.17) is 0 Å². The number of likely N-dealkylation sites (tertiary alicyclic amines) is 2. The first-order valence-corrected chi connectivity index (χ1v) is 8.67. The van der Waals surface area contributed by atoms with E-state index in [0.717, 1.165) is 5.92 Å². The Morgan fingerprint density at radius 1 is 1.25 bits per heavy atom. The van der Waals surface area contributed by atoms with Crippen molar-refractivity contribution in [1.29, 1.82) is 0 Å². The number of nitrogens with zero attached hydrogens (tertiary/aromatic N) is 2. The second-order valence-electron chi connectivity index (χ2n) is 7.30. The van der Waals surface area contributed by atoms with Gasteiger partial charge in [-0.3, -0.25) is 4.90 Å². The van der Waals surface area contributed by atoms with E-state index in [1.54, 1.807) is 5.57 Å². The fourth-order valence-corrected chi connectivity index (χ4v) is 4.77. The molecule has 2 heteroatoms. The smallest absolute Gasteiger partial charge is 0.0316 e. The lowest BCUT2D eigenvalue weighted by molar-refractivity contribution is 0.190. The van der Waals surface area contributed by atoms with Gasteiger partial charge >= 0.3 is 0 Å². The van der Waals surface area contributed by atoms with Gasteiger partial charge in [0.25, 0.3) is 0 Å². The van der Waals surface area contributed by atoms with Crippen molar-refractivity contribution in [3.8, 4) is 0 Å². The van der Waals surface area contributed by atoms with Crippen molar-refractivity contribution in [2.45, 2.75) is 45.1 Å². The number of hydrogen-bond donors (Lipinski definition) is 0. The van der Waals surface area contributed by atoms with Crippen LogP contribution in [-0.4, -0.2) is 48.6 Å². The van der Waals surface area contributed by atoms with Crippen molar-refractivity contribution in [3.05, 3.63) is 23.8 Å². The SMILES string of the molecule is CCN1CC2CC2(C2=CCC(N3CCCCC3)C=C2)C1. The van der Waals surface area contributed by atoms with Crippen molar-refractivity contribution in [2.24, 2.45) is 11.3 Å². The minimum Gasteiger partial charge on any atom is -0.302 e. The Bertz CT molecular complexity index is 433. The van der Waals surface area contributed by atoms with Crippen LogP contribution in [0, 0.1) is 11.3 Å². The molecule has 2 aliphatic carbocycles. The predicted molar refractivity (Wildman–Crippen MR) is 83.7 cm³/mol. The van der Waals surface area contributed by atoms with Crippen LogP contribution in [0.15, 0.2) is 23.8 Å². The average molecular weight is 272 g/mol. The van der Waals surface area contributed by atoms with Gasteiger partial charge in [-0.1, -0.05) is 31.6 Å². The zero-order valence-corrected chi connectivity index (χ0v) is 12.9. The Morgan fingerprint density at radius 2 is 2.10 bits per heavy atom. The summed E-state index contributed by atoms with van der Waals surface area (Å²) in [5, 5.41) is 0. The standard InChI is InChI=1S/C18H28N2/c1-2-19-13-16-12-18(16,14-19)15-6-8-17(9-7-15)20-10-4-3-5-11-20/h6-8,16-17H,2-5,9-14H2,1H3. The summed E-state index contributed by atoms with van der Waals surface area (Å²) in [7, 11) is 0. The van der Waals surface area contributed by atoms with Crippen LogP contribution in [0.1, 0.15) is 39.0 Å². The molecule has 20 heavy (non-hydrogen) atoms. The van der Waals surface area contributed by atoms with Crippen molar-refractivity contribution in [1.82, 2.24) is 9.80 Å². The van der Waals surface area contributed by atoms with E-state index < -0.39 is 0 Å². The van der Waals surface area contributed by atoms with Gasteiger partial charge < -0.3 is 4.90 Å². The van der Waals surface area contributed by atoms with Gasteiger partial charge in [0.2, 0.25) is 0 Å². The second kappa shape index (κ2) is 4.99. The topological polar surface area (TPSA) is 6.48 Å². The van der Waals surface area contributed by atoms with E-state index >= 15 is 0 Å². The summed E-state index contributed by atoms with van der Waals surface area (Å²) in [6, 6.07) is 0.691. The molecule has 2 nitrogen and oxygen atoms in total. The van der Waals surface area contributed by atoms with Gasteiger partial charge in [0, 0.05) is 24.5 Å². The molecule has 0 amide bonds. The molecule has 0 aromatic carbocycles. The molecular formula is C18H28N2. The Morgan fingerprint density at radius 3 is 2.75 bits per heavy atom. The fourth-order valence-electron chi connectivity index (χ4n) is 4.77. The number of piperidine rings is 2. The summed E-state index contributed by atoms with van der Waals surface area (Å²) in [5.41, 5.74) is 2.24. The van der Waals surface area contributed by atoms with E-state index in [0.29, 0.717) is 11.5 Å². The van der Waals surface area contributed by atoms with Gasteiger partial charge in [0.15, 0.2) is 0 Å². The minimum absolute atomic E-state index is 0.569. The highest BCUT2D eigenvalue weighted by Crippen LogP contribution is 2.62. The van der Waals surface area contributed by atoms with Gasteiger partial charge in [-0.15, -0.1) is 0 Å². The van der Waals surface area contributed by atoms with E-state index in [2.05, 4.69) is 35.0 Å². The van der Waals surface area contributed by atoms with Crippen molar-refractivity contribution in [3.63, 3.8) is 0 Å². The lowest BCUT2D eigenvalue weighted by Crippen LogP contribution is -2.38. The van der Waals surface area contributed by atoms with Gasteiger partial charge in [-0.2, -0.15) is 0 Å². The number of hydrogen-bond acceptors (Lipinski definition) is 2. The zero-order valence-electron chi connectivity index (χ0n) is 12.9. The summed E-state index contributed by atoms with van der Waals surface area (Å²) < 4.78 is 0.